The van der Waals surface area contributed by atoms with Crippen LogP contribution in [-0.2, 0) is 11.2 Å². The average Bonchev–Trinajstić information content (AvgIpc) is 2.78. The van der Waals surface area contributed by atoms with Crippen molar-refractivity contribution < 1.29 is 9.59 Å². The molecule has 3 aromatic rings. The van der Waals surface area contributed by atoms with Crippen molar-refractivity contribution in [2.75, 3.05) is 19.4 Å². The third-order valence-corrected chi connectivity index (χ3v) is 5.00. The number of nitrogens with one attached hydrogen (secondary N) is 2. The van der Waals surface area contributed by atoms with Crippen molar-refractivity contribution in [1.29, 1.82) is 0 Å². The Labute approximate surface area is 188 Å². The van der Waals surface area contributed by atoms with E-state index < -0.39 is 0 Å². The number of aryl methyl sites for hydroxylation is 1. The van der Waals surface area contributed by atoms with Crippen LogP contribution in [0.5, 0.6) is 0 Å². The summed E-state index contributed by atoms with van der Waals surface area (Å²) in [6.45, 7) is 0. The van der Waals surface area contributed by atoms with Crippen molar-refractivity contribution >= 4 is 34.8 Å². The molecule has 2 amide bonds. The zero-order chi connectivity index (χ0) is 22.2. The summed E-state index contributed by atoms with van der Waals surface area (Å²) in [6.07, 6.45) is 1.08. The molecule has 5 nitrogen and oxygen atoms in total. The first-order valence-corrected chi connectivity index (χ1v) is 10.4. The second-order valence-electron chi connectivity index (χ2n) is 7.34. The Morgan fingerprint density at radius 1 is 0.871 bits per heavy atom. The summed E-state index contributed by atoms with van der Waals surface area (Å²) in [5, 5.41) is 5.96. The minimum absolute atomic E-state index is 0.0828. The first-order chi connectivity index (χ1) is 14.9. The number of amides is 2. The summed E-state index contributed by atoms with van der Waals surface area (Å²) in [4.78, 5) is 25.9. The highest BCUT2D eigenvalue weighted by molar-refractivity contribution is 7.80. The van der Waals surface area contributed by atoms with E-state index >= 15 is 0 Å². The summed E-state index contributed by atoms with van der Waals surface area (Å²) in [6, 6.07) is 25.0. The fourth-order valence-electron chi connectivity index (χ4n) is 3.06. The smallest absolute Gasteiger partial charge is 0.257 e. The highest BCUT2D eigenvalue weighted by atomic mass is 32.1. The van der Waals surface area contributed by atoms with Gasteiger partial charge in [-0.2, -0.15) is 0 Å². The minimum Gasteiger partial charge on any atom is -0.349 e. The highest BCUT2D eigenvalue weighted by Gasteiger charge is 2.09. The van der Waals surface area contributed by atoms with Crippen LogP contribution in [0.25, 0.3) is 11.1 Å². The Hall–Kier alpha value is -3.51. The molecule has 0 spiro atoms. The van der Waals surface area contributed by atoms with Gasteiger partial charge in [-0.25, -0.2) is 0 Å². The van der Waals surface area contributed by atoms with Gasteiger partial charge in [0.05, 0.1) is 0 Å². The van der Waals surface area contributed by atoms with Gasteiger partial charge in [0.1, 0.15) is 0 Å². The number of hydrogen-bond acceptors (Lipinski definition) is 3. The van der Waals surface area contributed by atoms with E-state index in [-0.39, 0.29) is 16.9 Å². The molecule has 3 rings (SSSR count). The third kappa shape index (κ3) is 6.49. The predicted molar refractivity (Wildman–Crippen MR) is 129 cm³/mol. The fourth-order valence-corrected chi connectivity index (χ4v) is 3.27. The molecule has 3 aromatic carbocycles. The number of carbonyl (C=O) groups is 2. The molecule has 0 aromatic heterocycles. The number of nitrogens with zero attached hydrogens (tertiary/aromatic N) is 1. The Morgan fingerprint density at radius 2 is 1.55 bits per heavy atom. The molecule has 0 bridgehead atoms. The second kappa shape index (κ2) is 10.5. The fraction of sp³-hybridized carbons (Fsp3) is 0.160. The lowest BCUT2D eigenvalue weighted by Gasteiger charge is -2.12. The maximum atomic E-state index is 12.5. The van der Waals surface area contributed by atoms with Gasteiger partial charge in [-0.05, 0) is 59.6 Å². The van der Waals surface area contributed by atoms with Crippen LogP contribution in [0.15, 0.2) is 78.9 Å². The molecule has 0 radical (unpaired) electrons. The van der Waals surface area contributed by atoms with Gasteiger partial charge in [0.25, 0.3) is 5.91 Å². The monoisotopic (exact) mass is 431 g/mol. The molecule has 0 fully saturated rings. The number of rotatable bonds is 6. The van der Waals surface area contributed by atoms with Crippen molar-refractivity contribution in [3.05, 3.63) is 90.0 Å². The molecular weight excluding hydrogens is 406 g/mol. The van der Waals surface area contributed by atoms with Gasteiger partial charge in [-0.1, -0.05) is 54.6 Å². The molecule has 0 atom stereocenters. The number of hydrogen-bond donors (Lipinski definition) is 2. The number of benzene rings is 3. The normalized spacial score (nSPS) is 10.3. The van der Waals surface area contributed by atoms with Crippen molar-refractivity contribution in [3.8, 4) is 11.1 Å². The largest absolute Gasteiger partial charge is 0.349 e. The van der Waals surface area contributed by atoms with Gasteiger partial charge in [0.2, 0.25) is 5.91 Å². The van der Waals surface area contributed by atoms with Crippen molar-refractivity contribution in [2.24, 2.45) is 0 Å². The highest BCUT2D eigenvalue weighted by Crippen LogP contribution is 2.19. The van der Waals surface area contributed by atoms with Crippen LogP contribution in [0.3, 0.4) is 0 Å². The van der Waals surface area contributed by atoms with Gasteiger partial charge in [-0.3, -0.25) is 14.9 Å². The van der Waals surface area contributed by atoms with E-state index in [2.05, 4.69) is 10.6 Å². The third-order valence-electron chi connectivity index (χ3n) is 4.79. The molecular formula is C25H25N3O2S. The summed E-state index contributed by atoms with van der Waals surface area (Å²) in [5.41, 5.74) is 4.45. The lowest BCUT2D eigenvalue weighted by atomic mass is 10.0. The minimum atomic E-state index is -0.273. The second-order valence-corrected chi connectivity index (χ2v) is 7.75. The van der Waals surface area contributed by atoms with Gasteiger partial charge in [0.15, 0.2) is 5.11 Å². The molecule has 0 aliphatic carbocycles. The van der Waals surface area contributed by atoms with E-state index in [1.807, 2.05) is 66.7 Å². The van der Waals surface area contributed by atoms with E-state index in [4.69, 9.17) is 12.2 Å². The maximum absolute atomic E-state index is 12.5. The topological polar surface area (TPSA) is 61.4 Å². The average molecular weight is 432 g/mol. The molecule has 2 N–H and O–H groups in total. The van der Waals surface area contributed by atoms with Crippen molar-refractivity contribution in [1.82, 2.24) is 10.2 Å². The van der Waals surface area contributed by atoms with Crippen LogP contribution in [0.1, 0.15) is 22.3 Å². The van der Waals surface area contributed by atoms with Crippen LogP contribution in [0.4, 0.5) is 5.69 Å². The van der Waals surface area contributed by atoms with Crippen LogP contribution in [0.2, 0.25) is 0 Å². The Balaban J connectivity index is 1.56. The van der Waals surface area contributed by atoms with E-state index in [1.54, 1.807) is 31.1 Å². The van der Waals surface area contributed by atoms with Crippen LogP contribution in [-0.4, -0.2) is 35.9 Å². The molecule has 6 heteroatoms. The Bertz CT molecular complexity index is 1060. The molecule has 0 unspecified atom stereocenters. The molecule has 0 saturated carbocycles. The Morgan fingerprint density at radius 3 is 2.23 bits per heavy atom. The van der Waals surface area contributed by atoms with Gasteiger partial charge >= 0.3 is 0 Å². The van der Waals surface area contributed by atoms with E-state index in [1.165, 1.54) is 0 Å². The van der Waals surface area contributed by atoms with Crippen molar-refractivity contribution in [3.63, 3.8) is 0 Å². The van der Waals surface area contributed by atoms with Crippen LogP contribution >= 0.6 is 12.2 Å². The molecule has 0 saturated heterocycles. The first-order valence-electron chi connectivity index (χ1n) is 9.99. The SMILES string of the molecule is CN(C)C(=O)CCc1cccc(NC(=S)NC(=O)c2ccc(-c3ccccc3)cc2)c1. The lowest BCUT2D eigenvalue weighted by molar-refractivity contribution is -0.128. The summed E-state index contributed by atoms with van der Waals surface area (Å²) in [7, 11) is 3.49. The van der Waals surface area contributed by atoms with Crippen LogP contribution in [0, 0.1) is 0 Å². The standard InChI is InChI=1S/C25H25N3O2S/c1-28(2)23(29)16-11-18-7-6-10-22(17-18)26-25(31)27-24(30)21-14-12-20(13-15-21)19-8-4-3-5-9-19/h3-10,12-15,17H,11,16H2,1-2H3,(H2,26,27,30,31). The number of carbonyl (C=O) groups excluding carboxylic acids is 2. The van der Waals surface area contributed by atoms with Gasteiger partial charge < -0.3 is 10.2 Å². The Kier molecular flexibility index (Phi) is 7.51. The van der Waals surface area contributed by atoms with Gasteiger partial charge in [0, 0.05) is 31.8 Å². The molecule has 31 heavy (non-hydrogen) atoms. The number of anilines is 1. The van der Waals surface area contributed by atoms with E-state index in [9.17, 15) is 9.59 Å². The number of thiocarbonyl (C=S) groups is 1. The van der Waals surface area contributed by atoms with Crippen LogP contribution < -0.4 is 10.6 Å². The molecule has 158 valence electrons. The quantitative estimate of drug-likeness (QED) is 0.564. The summed E-state index contributed by atoms with van der Waals surface area (Å²) >= 11 is 5.29. The van der Waals surface area contributed by atoms with Gasteiger partial charge in [-0.15, -0.1) is 0 Å². The maximum Gasteiger partial charge on any atom is 0.257 e. The predicted octanol–water partition coefficient (Wildman–Crippen LogP) is 4.50. The van der Waals surface area contributed by atoms with E-state index in [0.29, 0.717) is 18.4 Å². The zero-order valence-corrected chi connectivity index (χ0v) is 18.4. The first kappa shape index (κ1) is 22.2. The molecule has 0 heterocycles. The van der Waals surface area contributed by atoms with E-state index in [0.717, 1.165) is 22.4 Å². The zero-order valence-electron chi connectivity index (χ0n) is 17.6. The molecule has 0 aliphatic heterocycles. The molecule has 0 aliphatic rings. The van der Waals surface area contributed by atoms with Crippen molar-refractivity contribution in [2.45, 2.75) is 12.8 Å². The summed E-state index contributed by atoms with van der Waals surface area (Å²) in [5.74, 6) is -0.190. The summed E-state index contributed by atoms with van der Waals surface area (Å²) < 4.78 is 0. The lowest BCUT2D eigenvalue weighted by Crippen LogP contribution is -2.34.